The summed E-state index contributed by atoms with van der Waals surface area (Å²) in [5.74, 6) is -0.275. The molecule has 5 rings (SSSR count). The molecule has 40 heavy (non-hydrogen) atoms. The van der Waals surface area contributed by atoms with Gasteiger partial charge in [0.05, 0.1) is 25.2 Å². The van der Waals surface area contributed by atoms with E-state index in [1.807, 2.05) is 23.8 Å². The van der Waals surface area contributed by atoms with Crippen LogP contribution < -0.4 is 13.8 Å². The first kappa shape index (κ1) is 28.5. The van der Waals surface area contributed by atoms with Crippen molar-refractivity contribution in [3.05, 3.63) is 69.7 Å². The van der Waals surface area contributed by atoms with Crippen molar-refractivity contribution in [1.29, 1.82) is 0 Å². The highest BCUT2D eigenvalue weighted by Crippen LogP contribution is 2.41. The number of carbonyl (C=O) groups is 1. The summed E-state index contributed by atoms with van der Waals surface area (Å²) in [6, 6.07) is 10.2. The topological polar surface area (TPSA) is 132 Å². The molecule has 2 heterocycles. The molecule has 1 fully saturated rings. The van der Waals surface area contributed by atoms with Crippen LogP contribution in [0.1, 0.15) is 46.1 Å². The summed E-state index contributed by atoms with van der Waals surface area (Å²) in [4.78, 5) is 16.4. The fourth-order valence-corrected chi connectivity index (χ4v) is 7.98. The maximum absolute atomic E-state index is 14.0. The number of hydrogen-bond acceptors (Lipinski definition) is 9. The lowest BCUT2D eigenvalue weighted by Gasteiger charge is -2.42. The van der Waals surface area contributed by atoms with Crippen LogP contribution in [0.25, 0.3) is 0 Å². The van der Waals surface area contributed by atoms with E-state index in [2.05, 4.69) is 4.98 Å². The number of amides is 1. The molecular formula is C27H31N3O7S3. The molecule has 214 valence electrons. The molecule has 0 unspecified atom stereocenters. The second kappa shape index (κ2) is 10.8. The molecule has 1 saturated heterocycles. The number of rotatable bonds is 10. The Balaban J connectivity index is 1.47. The number of aromatic nitrogens is 1. The highest BCUT2D eigenvalue weighted by molar-refractivity contribution is 7.94. The molecule has 2 aromatic carbocycles. The standard InChI is InChI=1S/C27H31N3O7S3/c1-18-14-38-26(28-18)40(34,35)30(15-27(2)16-36-17-27)23-11-21-5-4-6-22(21)12-24(23)37-13-19-7-9-20(10-8-19)25(31)29-39(3,32)33/h7-12,14H,4-6,13,15-17H2,1-3H3,(H,29,31). The Morgan fingerprint density at radius 2 is 1.80 bits per heavy atom. The van der Waals surface area contributed by atoms with Crippen molar-refractivity contribution in [2.45, 2.75) is 44.1 Å². The van der Waals surface area contributed by atoms with Crippen LogP contribution in [-0.4, -0.2) is 53.7 Å². The number of hydrogen-bond donors (Lipinski definition) is 1. The molecule has 0 bridgehead atoms. The lowest BCUT2D eigenvalue weighted by Crippen LogP contribution is -2.50. The molecule has 0 radical (unpaired) electrons. The van der Waals surface area contributed by atoms with Crippen LogP contribution in [0, 0.1) is 12.3 Å². The fraction of sp³-hybridized carbons (Fsp3) is 0.407. The SMILES string of the molecule is Cc1csc(S(=O)(=O)N(CC2(C)COC2)c2cc3c(cc2OCc2ccc(C(=O)NS(C)(=O)=O)cc2)CCC3)n1. The Bertz CT molecular complexity index is 1640. The van der Waals surface area contributed by atoms with Crippen LogP contribution in [0.2, 0.25) is 0 Å². The van der Waals surface area contributed by atoms with Gasteiger partial charge in [-0.1, -0.05) is 19.1 Å². The Morgan fingerprint density at radius 1 is 1.12 bits per heavy atom. The van der Waals surface area contributed by atoms with Gasteiger partial charge in [-0.25, -0.2) is 18.1 Å². The van der Waals surface area contributed by atoms with Crippen LogP contribution in [0.3, 0.4) is 0 Å². The number of carbonyl (C=O) groups excluding carboxylic acids is 1. The molecule has 3 aromatic rings. The van der Waals surface area contributed by atoms with Crippen molar-refractivity contribution in [2.75, 3.05) is 30.3 Å². The van der Waals surface area contributed by atoms with Gasteiger partial charge >= 0.3 is 0 Å². The monoisotopic (exact) mass is 605 g/mol. The van der Waals surface area contributed by atoms with Crippen LogP contribution >= 0.6 is 11.3 Å². The number of benzene rings is 2. The predicted octanol–water partition coefficient (Wildman–Crippen LogP) is 3.44. The molecule has 0 atom stereocenters. The summed E-state index contributed by atoms with van der Waals surface area (Å²) in [6.45, 7) is 5.01. The predicted molar refractivity (Wildman–Crippen MR) is 152 cm³/mol. The second-order valence-electron chi connectivity index (χ2n) is 10.7. The lowest BCUT2D eigenvalue weighted by molar-refractivity contribution is -0.0941. The largest absolute Gasteiger partial charge is 0.487 e. The number of nitrogens with zero attached hydrogens (tertiary/aromatic N) is 2. The van der Waals surface area contributed by atoms with E-state index >= 15 is 0 Å². The van der Waals surface area contributed by atoms with Crippen molar-refractivity contribution in [2.24, 2.45) is 5.41 Å². The summed E-state index contributed by atoms with van der Waals surface area (Å²) in [5.41, 5.74) is 3.91. The van der Waals surface area contributed by atoms with E-state index in [4.69, 9.17) is 9.47 Å². The third-order valence-corrected chi connectivity index (χ3v) is 10.5. The van der Waals surface area contributed by atoms with E-state index in [-0.39, 0.29) is 28.5 Å². The highest BCUT2D eigenvalue weighted by Gasteiger charge is 2.41. The Labute approximate surface area is 238 Å². The summed E-state index contributed by atoms with van der Waals surface area (Å²) < 4.78 is 65.8. The van der Waals surface area contributed by atoms with Gasteiger partial charge in [0, 0.05) is 28.6 Å². The summed E-state index contributed by atoms with van der Waals surface area (Å²) >= 11 is 1.10. The maximum atomic E-state index is 14.0. The van der Waals surface area contributed by atoms with E-state index in [0.717, 1.165) is 53.5 Å². The number of fused-ring (bicyclic) bond motifs is 1. The normalized spacial score (nSPS) is 16.2. The molecule has 1 amide bonds. The Kier molecular flexibility index (Phi) is 7.68. The van der Waals surface area contributed by atoms with Crippen LogP contribution in [0.15, 0.2) is 46.1 Å². The van der Waals surface area contributed by atoms with Crippen molar-refractivity contribution in [1.82, 2.24) is 9.71 Å². The average Bonchev–Trinajstić information content (AvgIpc) is 3.52. The van der Waals surface area contributed by atoms with Gasteiger partial charge in [-0.2, -0.15) is 8.42 Å². The average molecular weight is 606 g/mol. The number of nitrogens with one attached hydrogen (secondary N) is 1. The van der Waals surface area contributed by atoms with E-state index in [1.54, 1.807) is 24.4 Å². The lowest BCUT2D eigenvalue weighted by atomic mass is 9.88. The zero-order valence-electron chi connectivity index (χ0n) is 22.5. The minimum absolute atomic E-state index is 0.0308. The number of aryl methyl sites for hydroxylation is 3. The van der Waals surface area contributed by atoms with Crippen LogP contribution in [-0.2, 0) is 44.2 Å². The van der Waals surface area contributed by atoms with Crippen molar-refractivity contribution in [3.63, 3.8) is 0 Å². The first-order chi connectivity index (χ1) is 18.8. The first-order valence-electron chi connectivity index (χ1n) is 12.8. The highest BCUT2D eigenvalue weighted by atomic mass is 32.2. The number of ether oxygens (including phenoxy) is 2. The fourth-order valence-electron chi connectivity index (χ4n) is 4.77. The van der Waals surface area contributed by atoms with Crippen molar-refractivity contribution in [3.8, 4) is 5.75 Å². The molecule has 2 aliphatic rings. The van der Waals surface area contributed by atoms with Gasteiger partial charge in [0.1, 0.15) is 12.4 Å². The van der Waals surface area contributed by atoms with Gasteiger partial charge in [-0.05, 0) is 67.1 Å². The minimum Gasteiger partial charge on any atom is -0.487 e. The zero-order chi connectivity index (χ0) is 28.7. The molecule has 0 saturated carbocycles. The van der Waals surface area contributed by atoms with E-state index in [9.17, 15) is 21.6 Å². The molecule has 10 nitrogen and oxygen atoms in total. The van der Waals surface area contributed by atoms with Crippen LogP contribution in [0.4, 0.5) is 5.69 Å². The Hall–Kier alpha value is -3.00. The minimum atomic E-state index is -3.98. The summed E-state index contributed by atoms with van der Waals surface area (Å²) in [5, 5.41) is 1.72. The molecule has 1 N–H and O–H groups in total. The van der Waals surface area contributed by atoms with E-state index in [1.165, 1.54) is 16.4 Å². The van der Waals surface area contributed by atoms with Crippen LogP contribution in [0.5, 0.6) is 5.75 Å². The van der Waals surface area contributed by atoms with Crippen molar-refractivity contribution < 1.29 is 31.1 Å². The molecule has 1 aliphatic heterocycles. The molecule has 1 aromatic heterocycles. The molecule has 13 heteroatoms. The summed E-state index contributed by atoms with van der Waals surface area (Å²) in [7, 11) is -7.66. The van der Waals surface area contributed by atoms with E-state index in [0.29, 0.717) is 30.3 Å². The van der Waals surface area contributed by atoms with Gasteiger partial charge in [0.2, 0.25) is 14.4 Å². The summed E-state index contributed by atoms with van der Waals surface area (Å²) in [6.07, 6.45) is 3.66. The second-order valence-corrected chi connectivity index (χ2v) is 15.3. The van der Waals surface area contributed by atoms with Gasteiger partial charge < -0.3 is 9.47 Å². The smallest absolute Gasteiger partial charge is 0.291 e. The third-order valence-electron chi connectivity index (χ3n) is 6.87. The molecular weight excluding hydrogens is 575 g/mol. The third kappa shape index (κ3) is 6.17. The van der Waals surface area contributed by atoms with Gasteiger partial charge in [-0.3, -0.25) is 9.10 Å². The molecule has 0 spiro atoms. The Morgan fingerprint density at radius 3 is 2.38 bits per heavy atom. The van der Waals surface area contributed by atoms with Gasteiger partial charge in [-0.15, -0.1) is 11.3 Å². The first-order valence-corrected chi connectivity index (χ1v) is 17.0. The number of thiazole rings is 1. The number of anilines is 1. The number of sulfonamides is 2. The van der Waals surface area contributed by atoms with Gasteiger partial charge in [0.15, 0.2) is 0 Å². The van der Waals surface area contributed by atoms with Crippen molar-refractivity contribution >= 4 is 43.0 Å². The quantitative estimate of drug-likeness (QED) is 0.372. The van der Waals surface area contributed by atoms with Gasteiger partial charge in [0.25, 0.3) is 15.9 Å². The van der Waals surface area contributed by atoms with E-state index < -0.39 is 26.0 Å². The maximum Gasteiger partial charge on any atom is 0.291 e. The zero-order valence-corrected chi connectivity index (χ0v) is 24.9. The molecule has 1 aliphatic carbocycles.